The van der Waals surface area contributed by atoms with Crippen LogP contribution >= 0.6 is 11.3 Å². The van der Waals surface area contributed by atoms with Crippen LogP contribution in [0.5, 0.6) is 0 Å². The molecule has 1 aliphatic carbocycles. The molecule has 23 heavy (non-hydrogen) atoms. The Morgan fingerprint density at radius 3 is 2.57 bits per heavy atom. The molecule has 128 valence electrons. The van der Waals surface area contributed by atoms with Crippen LogP contribution in [0.1, 0.15) is 31.2 Å². The van der Waals surface area contributed by atoms with Gasteiger partial charge in [0.05, 0.1) is 5.41 Å². The Morgan fingerprint density at radius 1 is 1.35 bits per heavy atom. The highest BCUT2D eigenvalue weighted by atomic mass is 32.1. The van der Waals surface area contributed by atoms with Crippen LogP contribution in [0.3, 0.4) is 0 Å². The first-order valence-corrected chi connectivity index (χ1v) is 9.07. The van der Waals surface area contributed by atoms with E-state index in [1.807, 2.05) is 21.1 Å². The molecule has 0 aromatic carbocycles. The maximum absolute atomic E-state index is 12.6. The summed E-state index contributed by atoms with van der Waals surface area (Å²) in [5.74, 6) is 1.08. The molecule has 0 aliphatic heterocycles. The number of rotatable bonds is 5. The van der Waals surface area contributed by atoms with E-state index < -0.39 is 0 Å². The molecular weight excluding hydrogens is 308 g/mol. The zero-order valence-corrected chi connectivity index (χ0v) is 15.4. The molecule has 5 nitrogen and oxygen atoms in total. The van der Waals surface area contributed by atoms with Crippen molar-refractivity contribution in [3.8, 4) is 0 Å². The predicted molar refractivity (Wildman–Crippen MR) is 96.7 cm³/mol. The van der Waals surface area contributed by atoms with Crippen molar-refractivity contribution < 1.29 is 4.79 Å². The van der Waals surface area contributed by atoms with Gasteiger partial charge in [-0.05, 0) is 35.2 Å². The third-order valence-electron chi connectivity index (χ3n) is 4.58. The van der Waals surface area contributed by atoms with E-state index in [0.717, 1.165) is 38.2 Å². The van der Waals surface area contributed by atoms with Gasteiger partial charge >= 0.3 is 0 Å². The minimum atomic E-state index is -0.275. The molecule has 1 N–H and O–H groups in total. The van der Waals surface area contributed by atoms with Gasteiger partial charge in [-0.2, -0.15) is 11.3 Å². The number of thiophene rings is 1. The molecule has 1 aromatic heterocycles. The first kappa shape index (κ1) is 17.8. The molecule has 1 aromatic rings. The fraction of sp³-hybridized carbons (Fsp3) is 0.647. The molecular formula is C17H28N4OS. The number of hydrogen-bond acceptors (Lipinski definition) is 3. The van der Waals surface area contributed by atoms with Crippen molar-refractivity contribution in [2.24, 2.45) is 10.4 Å². The number of aliphatic imine (C=N–C) groups is 1. The average Bonchev–Trinajstić information content (AvgIpc) is 3.19. The molecule has 0 saturated heterocycles. The normalized spacial score (nSPS) is 17.1. The summed E-state index contributed by atoms with van der Waals surface area (Å²) in [5, 5.41) is 7.67. The Labute approximate surface area is 143 Å². The van der Waals surface area contributed by atoms with Crippen LogP contribution < -0.4 is 5.32 Å². The number of nitrogens with one attached hydrogen (secondary N) is 1. The average molecular weight is 337 g/mol. The van der Waals surface area contributed by atoms with E-state index in [9.17, 15) is 4.79 Å². The SMILES string of the molecule is CN=C(NCC1(C(=O)N(C)C)CCCC1)N(C)Cc1ccsc1. The summed E-state index contributed by atoms with van der Waals surface area (Å²) in [7, 11) is 7.52. The number of carbonyl (C=O) groups excluding carboxylic acids is 1. The first-order valence-electron chi connectivity index (χ1n) is 8.13. The van der Waals surface area contributed by atoms with Crippen LogP contribution in [0.2, 0.25) is 0 Å². The van der Waals surface area contributed by atoms with Gasteiger partial charge in [-0.1, -0.05) is 12.8 Å². The summed E-state index contributed by atoms with van der Waals surface area (Å²) in [6.45, 7) is 1.47. The second-order valence-electron chi connectivity index (χ2n) is 6.58. The van der Waals surface area contributed by atoms with Gasteiger partial charge in [0.2, 0.25) is 5.91 Å². The van der Waals surface area contributed by atoms with Crippen molar-refractivity contribution in [3.05, 3.63) is 22.4 Å². The summed E-state index contributed by atoms with van der Waals surface area (Å²) in [6.07, 6.45) is 4.18. The van der Waals surface area contributed by atoms with Gasteiger partial charge in [0.15, 0.2) is 5.96 Å². The summed E-state index contributed by atoms with van der Waals surface area (Å²) in [4.78, 5) is 20.8. The van der Waals surface area contributed by atoms with E-state index in [2.05, 4.69) is 32.0 Å². The molecule has 0 radical (unpaired) electrons. The Hall–Kier alpha value is -1.56. The maximum Gasteiger partial charge on any atom is 0.230 e. The molecule has 1 amide bonds. The monoisotopic (exact) mass is 336 g/mol. The lowest BCUT2D eigenvalue weighted by molar-refractivity contribution is -0.138. The second kappa shape index (κ2) is 7.81. The van der Waals surface area contributed by atoms with E-state index in [0.29, 0.717) is 6.54 Å². The van der Waals surface area contributed by atoms with Crippen LogP contribution in [-0.4, -0.2) is 56.4 Å². The van der Waals surface area contributed by atoms with E-state index in [1.54, 1.807) is 23.3 Å². The van der Waals surface area contributed by atoms with Crippen LogP contribution in [-0.2, 0) is 11.3 Å². The van der Waals surface area contributed by atoms with Crippen molar-refractivity contribution in [3.63, 3.8) is 0 Å². The number of carbonyl (C=O) groups is 1. The highest BCUT2D eigenvalue weighted by Gasteiger charge is 2.42. The van der Waals surface area contributed by atoms with Crippen LogP contribution in [0, 0.1) is 5.41 Å². The van der Waals surface area contributed by atoms with Crippen LogP contribution in [0.4, 0.5) is 0 Å². The van der Waals surface area contributed by atoms with Crippen molar-refractivity contribution in [2.45, 2.75) is 32.2 Å². The number of hydrogen-bond donors (Lipinski definition) is 1. The maximum atomic E-state index is 12.6. The van der Waals surface area contributed by atoms with Crippen molar-refractivity contribution in [1.29, 1.82) is 0 Å². The molecule has 1 aliphatic rings. The first-order chi connectivity index (χ1) is 11.0. The molecule has 1 heterocycles. The third-order valence-corrected chi connectivity index (χ3v) is 5.31. The van der Waals surface area contributed by atoms with Crippen LogP contribution in [0.25, 0.3) is 0 Å². The number of guanidine groups is 1. The van der Waals surface area contributed by atoms with E-state index in [1.165, 1.54) is 5.56 Å². The molecule has 1 fully saturated rings. The molecule has 2 rings (SSSR count). The van der Waals surface area contributed by atoms with Crippen LogP contribution in [0.15, 0.2) is 21.8 Å². The molecule has 6 heteroatoms. The van der Waals surface area contributed by atoms with Gasteiger partial charge in [-0.25, -0.2) is 0 Å². The zero-order chi connectivity index (χ0) is 16.9. The predicted octanol–water partition coefficient (Wildman–Crippen LogP) is 2.40. The molecule has 0 atom stereocenters. The van der Waals surface area contributed by atoms with E-state index >= 15 is 0 Å². The summed E-state index contributed by atoms with van der Waals surface area (Å²) in [6, 6.07) is 2.13. The van der Waals surface area contributed by atoms with Gasteiger partial charge in [-0.3, -0.25) is 9.79 Å². The summed E-state index contributed by atoms with van der Waals surface area (Å²) < 4.78 is 0. The fourth-order valence-corrected chi connectivity index (χ4v) is 4.02. The lowest BCUT2D eigenvalue weighted by atomic mass is 9.84. The van der Waals surface area contributed by atoms with Gasteiger partial charge in [0, 0.05) is 41.3 Å². The van der Waals surface area contributed by atoms with Crippen molar-refractivity contribution in [1.82, 2.24) is 15.1 Å². The minimum Gasteiger partial charge on any atom is -0.355 e. The Kier molecular flexibility index (Phi) is 6.04. The quantitative estimate of drug-likeness (QED) is 0.663. The number of amides is 1. The highest BCUT2D eigenvalue weighted by Crippen LogP contribution is 2.38. The number of nitrogens with zero attached hydrogens (tertiary/aromatic N) is 3. The lowest BCUT2D eigenvalue weighted by Gasteiger charge is -2.32. The van der Waals surface area contributed by atoms with Gasteiger partial charge in [0.1, 0.15) is 0 Å². The Bertz CT molecular complexity index is 533. The zero-order valence-electron chi connectivity index (χ0n) is 14.6. The summed E-state index contributed by atoms with van der Waals surface area (Å²) >= 11 is 1.70. The van der Waals surface area contributed by atoms with Crippen molar-refractivity contribution in [2.75, 3.05) is 34.7 Å². The molecule has 0 spiro atoms. The molecule has 0 bridgehead atoms. The van der Waals surface area contributed by atoms with Gasteiger partial charge < -0.3 is 15.1 Å². The standard InChI is InChI=1S/C17H28N4OS/c1-18-16(21(4)11-14-7-10-23-12-14)19-13-17(8-5-6-9-17)15(22)20(2)3/h7,10,12H,5-6,8-9,11,13H2,1-4H3,(H,18,19). The van der Waals surface area contributed by atoms with E-state index in [4.69, 9.17) is 0 Å². The van der Waals surface area contributed by atoms with Gasteiger partial charge in [-0.15, -0.1) is 0 Å². The molecule has 1 saturated carbocycles. The topological polar surface area (TPSA) is 47.9 Å². The smallest absolute Gasteiger partial charge is 0.230 e. The summed E-state index contributed by atoms with van der Waals surface area (Å²) in [5.41, 5.74) is 1.00. The van der Waals surface area contributed by atoms with E-state index in [-0.39, 0.29) is 11.3 Å². The Balaban J connectivity index is 1.99. The molecule has 0 unspecified atom stereocenters. The van der Waals surface area contributed by atoms with Crippen molar-refractivity contribution >= 4 is 23.2 Å². The van der Waals surface area contributed by atoms with Gasteiger partial charge in [0.25, 0.3) is 0 Å². The Morgan fingerprint density at radius 2 is 2.04 bits per heavy atom. The third kappa shape index (κ3) is 4.25. The minimum absolute atomic E-state index is 0.235. The highest BCUT2D eigenvalue weighted by molar-refractivity contribution is 7.07. The largest absolute Gasteiger partial charge is 0.355 e. The second-order valence-corrected chi connectivity index (χ2v) is 7.36. The lowest BCUT2D eigenvalue weighted by Crippen LogP contribution is -2.49. The fourth-order valence-electron chi connectivity index (χ4n) is 3.36.